The molecule has 4 nitrogen and oxygen atoms in total. The van der Waals surface area contributed by atoms with Gasteiger partial charge in [0, 0.05) is 38.2 Å². The van der Waals surface area contributed by atoms with Gasteiger partial charge in [0.25, 0.3) is 0 Å². The van der Waals surface area contributed by atoms with E-state index in [2.05, 4.69) is 46.7 Å². The lowest BCUT2D eigenvalue weighted by Crippen LogP contribution is -2.17. The molecule has 0 aliphatic heterocycles. The van der Waals surface area contributed by atoms with E-state index in [4.69, 9.17) is 0 Å². The van der Waals surface area contributed by atoms with Crippen molar-refractivity contribution in [1.29, 1.82) is 0 Å². The topological polar surface area (TPSA) is 34.8 Å². The molecule has 0 spiro atoms. The third-order valence-electron chi connectivity index (χ3n) is 3.95. The molecule has 1 saturated carbocycles. The third-order valence-corrected chi connectivity index (χ3v) is 3.95. The van der Waals surface area contributed by atoms with Gasteiger partial charge < -0.3 is 9.88 Å². The van der Waals surface area contributed by atoms with Gasteiger partial charge in [0.15, 0.2) is 0 Å². The first-order valence-corrected chi connectivity index (χ1v) is 7.07. The lowest BCUT2D eigenvalue weighted by molar-refractivity contribution is 0.527. The zero-order valence-corrected chi connectivity index (χ0v) is 11.7. The van der Waals surface area contributed by atoms with Crippen LogP contribution in [0.5, 0.6) is 0 Å². The van der Waals surface area contributed by atoms with Crippen LogP contribution in [-0.4, -0.2) is 21.4 Å². The van der Waals surface area contributed by atoms with E-state index in [9.17, 15) is 0 Å². The Hall–Kier alpha value is -1.55. The summed E-state index contributed by atoms with van der Waals surface area (Å²) in [6.07, 6.45) is 12.3. The molecule has 4 heteroatoms. The molecule has 2 heterocycles. The lowest BCUT2D eigenvalue weighted by Gasteiger charge is -2.13. The zero-order chi connectivity index (χ0) is 13.2. The summed E-state index contributed by atoms with van der Waals surface area (Å²) in [7, 11) is 4.03. The molecule has 0 saturated heterocycles. The molecule has 1 aliphatic carbocycles. The van der Waals surface area contributed by atoms with Crippen molar-refractivity contribution >= 4 is 0 Å². The van der Waals surface area contributed by atoms with Crippen LogP contribution in [0.4, 0.5) is 0 Å². The second kappa shape index (κ2) is 5.21. The van der Waals surface area contributed by atoms with Gasteiger partial charge in [-0.3, -0.25) is 4.68 Å². The third kappa shape index (κ3) is 2.89. The van der Waals surface area contributed by atoms with Gasteiger partial charge in [-0.25, -0.2) is 0 Å². The van der Waals surface area contributed by atoms with Gasteiger partial charge in [0.2, 0.25) is 0 Å². The Morgan fingerprint density at radius 3 is 2.89 bits per heavy atom. The van der Waals surface area contributed by atoms with E-state index in [1.54, 1.807) is 0 Å². The van der Waals surface area contributed by atoms with Crippen LogP contribution in [0, 0.1) is 5.92 Å². The van der Waals surface area contributed by atoms with Crippen molar-refractivity contribution in [2.24, 2.45) is 13.0 Å². The molecule has 1 atom stereocenters. The van der Waals surface area contributed by atoms with E-state index in [1.165, 1.54) is 24.0 Å². The van der Waals surface area contributed by atoms with Gasteiger partial charge in [-0.1, -0.05) is 0 Å². The van der Waals surface area contributed by atoms with Crippen molar-refractivity contribution in [1.82, 2.24) is 19.7 Å². The van der Waals surface area contributed by atoms with Crippen LogP contribution in [0.1, 0.15) is 30.0 Å². The summed E-state index contributed by atoms with van der Waals surface area (Å²) in [5.74, 6) is 0.846. The van der Waals surface area contributed by atoms with Gasteiger partial charge in [0.05, 0.1) is 6.20 Å². The first-order chi connectivity index (χ1) is 9.26. The fraction of sp³-hybridized carbons (Fsp3) is 0.533. The van der Waals surface area contributed by atoms with Gasteiger partial charge in [-0.15, -0.1) is 0 Å². The molecule has 102 valence electrons. The standard InChI is InChI=1S/C15H22N4/c1-16-15(13-3-4-13)14-6-8-19(11-14)7-5-12-9-17-18(2)10-12/h6,8-11,13,15-16H,3-5,7H2,1-2H3. The summed E-state index contributed by atoms with van der Waals surface area (Å²) < 4.78 is 4.15. The number of aromatic nitrogens is 3. The summed E-state index contributed by atoms with van der Waals surface area (Å²) in [6.45, 7) is 1.02. The van der Waals surface area contributed by atoms with Crippen LogP contribution in [0.3, 0.4) is 0 Å². The molecule has 3 rings (SSSR count). The van der Waals surface area contributed by atoms with Gasteiger partial charge in [-0.2, -0.15) is 5.10 Å². The van der Waals surface area contributed by atoms with Crippen molar-refractivity contribution in [3.63, 3.8) is 0 Å². The Labute approximate surface area is 114 Å². The Morgan fingerprint density at radius 2 is 2.26 bits per heavy atom. The summed E-state index contributed by atoms with van der Waals surface area (Å²) >= 11 is 0. The second-order valence-electron chi connectivity index (χ2n) is 5.56. The molecular formula is C15H22N4. The SMILES string of the molecule is CNC(c1ccn(CCc2cnn(C)c2)c1)C1CC1. The molecule has 1 unspecified atom stereocenters. The molecule has 0 aromatic carbocycles. The van der Waals surface area contributed by atoms with Crippen LogP contribution in [0.15, 0.2) is 30.9 Å². The highest BCUT2D eigenvalue weighted by Gasteiger charge is 2.31. The summed E-state index contributed by atoms with van der Waals surface area (Å²) in [5.41, 5.74) is 2.72. The van der Waals surface area contributed by atoms with Crippen LogP contribution in [-0.2, 0) is 20.0 Å². The Bertz CT molecular complexity index is 536. The smallest absolute Gasteiger partial charge is 0.0522 e. The fourth-order valence-corrected chi connectivity index (χ4v) is 2.75. The fourth-order valence-electron chi connectivity index (χ4n) is 2.75. The number of aryl methyl sites for hydroxylation is 3. The summed E-state index contributed by atoms with van der Waals surface area (Å²) in [6, 6.07) is 2.79. The molecule has 1 N–H and O–H groups in total. The molecule has 19 heavy (non-hydrogen) atoms. The number of hydrogen-bond donors (Lipinski definition) is 1. The van der Waals surface area contributed by atoms with E-state index in [-0.39, 0.29) is 0 Å². The number of rotatable bonds is 6. The van der Waals surface area contributed by atoms with Crippen LogP contribution < -0.4 is 5.32 Å². The van der Waals surface area contributed by atoms with Crippen molar-refractivity contribution < 1.29 is 0 Å². The molecule has 0 amide bonds. The van der Waals surface area contributed by atoms with Crippen LogP contribution in [0.2, 0.25) is 0 Å². The number of nitrogens with one attached hydrogen (secondary N) is 1. The minimum absolute atomic E-state index is 0.541. The van der Waals surface area contributed by atoms with Crippen molar-refractivity contribution in [3.05, 3.63) is 42.0 Å². The van der Waals surface area contributed by atoms with Crippen molar-refractivity contribution in [3.8, 4) is 0 Å². The van der Waals surface area contributed by atoms with E-state index in [1.807, 2.05) is 17.9 Å². The number of hydrogen-bond acceptors (Lipinski definition) is 2. The minimum atomic E-state index is 0.541. The van der Waals surface area contributed by atoms with Crippen molar-refractivity contribution in [2.45, 2.75) is 31.8 Å². The maximum absolute atomic E-state index is 4.20. The quantitative estimate of drug-likeness (QED) is 0.861. The highest BCUT2D eigenvalue weighted by atomic mass is 15.2. The van der Waals surface area contributed by atoms with Crippen LogP contribution >= 0.6 is 0 Å². The molecule has 2 aromatic rings. The highest BCUT2D eigenvalue weighted by molar-refractivity contribution is 5.18. The Morgan fingerprint density at radius 1 is 1.42 bits per heavy atom. The molecule has 0 bridgehead atoms. The van der Waals surface area contributed by atoms with E-state index in [0.717, 1.165) is 18.9 Å². The highest BCUT2D eigenvalue weighted by Crippen LogP contribution is 2.40. The molecular weight excluding hydrogens is 236 g/mol. The predicted octanol–water partition coefficient (Wildman–Crippen LogP) is 2.13. The largest absolute Gasteiger partial charge is 0.354 e. The average molecular weight is 258 g/mol. The second-order valence-corrected chi connectivity index (χ2v) is 5.56. The molecule has 1 fully saturated rings. The Balaban J connectivity index is 1.61. The van der Waals surface area contributed by atoms with E-state index >= 15 is 0 Å². The van der Waals surface area contributed by atoms with Crippen molar-refractivity contribution in [2.75, 3.05) is 7.05 Å². The van der Waals surface area contributed by atoms with E-state index < -0.39 is 0 Å². The molecule has 0 radical (unpaired) electrons. The predicted molar refractivity (Wildman–Crippen MR) is 75.9 cm³/mol. The monoisotopic (exact) mass is 258 g/mol. The number of nitrogens with zero attached hydrogens (tertiary/aromatic N) is 3. The molecule has 1 aliphatic rings. The first-order valence-electron chi connectivity index (χ1n) is 7.07. The summed E-state index contributed by atoms with van der Waals surface area (Å²) in [4.78, 5) is 0. The lowest BCUT2D eigenvalue weighted by atomic mass is 10.1. The first kappa shape index (κ1) is 12.5. The van der Waals surface area contributed by atoms with Crippen LogP contribution in [0.25, 0.3) is 0 Å². The van der Waals surface area contributed by atoms with Gasteiger partial charge in [0.1, 0.15) is 0 Å². The average Bonchev–Trinajstić information content (AvgIpc) is 2.97. The van der Waals surface area contributed by atoms with E-state index in [0.29, 0.717) is 6.04 Å². The van der Waals surface area contributed by atoms with Gasteiger partial charge >= 0.3 is 0 Å². The zero-order valence-electron chi connectivity index (χ0n) is 11.7. The van der Waals surface area contributed by atoms with Gasteiger partial charge in [-0.05, 0) is 49.4 Å². The maximum atomic E-state index is 4.20. The molecule has 2 aromatic heterocycles. The Kier molecular flexibility index (Phi) is 3.42. The summed E-state index contributed by atoms with van der Waals surface area (Å²) in [5, 5.41) is 7.65. The maximum Gasteiger partial charge on any atom is 0.0522 e. The minimum Gasteiger partial charge on any atom is -0.354 e. The normalized spacial score (nSPS) is 16.7.